The summed E-state index contributed by atoms with van der Waals surface area (Å²) in [5, 5.41) is 8.97. The van der Waals surface area contributed by atoms with Crippen LogP contribution in [0.5, 0.6) is 0 Å². The lowest BCUT2D eigenvalue weighted by Gasteiger charge is -2.33. The number of hydrogen-bond donors (Lipinski definition) is 1. The van der Waals surface area contributed by atoms with Gasteiger partial charge in [-0.15, -0.1) is 0 Å². The third-order valence-corrected chi connectivity index (χ3v) is 4.78. The van der Waals surface area contributed by atoms with E-state index < -0.39 is 5.97 Å². The number of aryl methyl sites for hydroxylation is 1. The summed E-state index contributed by atoms with van der Waals surface area (Å²) in [6.07, 6.45) is 0. The number of oxazole rings is 1. The van der Waals surface area contributed by atoms with E-state index in [4.69, 9.17) is 9.52 Å². The van der Waals surface area contributed by atoms with Gasteiger partial charge in [-0.05, 0) is 42.3 Å². The van der Waals surface area contributed by atoms with Crippen LogP contribution in [0.2, 0.25) is 0 Å². The highest BCUT2D eigenvalue weighted by Gasteiger charge is 2.21. The third kappa shape index (κ3) is 3.41. The Morgan fingerprint density at radius 2 is 1.85 bits per heavy atom. The molecule has 0 unspecified atom stereocenters. The lowest BCUT2D eigenvalue weighted by Crippen LogP contribution is -2.46. The lowest BCUT2D eigenvalue weighted by atomic mass is 10.1. The molecule has 4 rings (SSSR count). The monoisotopic (exact) mass is 351 g/mol. The Morgan fingerprint density at radius 1 is 1.12 bits per heavy atom. The summed E-state index contributed by atoms with van der Waals surface area (Å²) < 4.78 is 5.89. The Hall–Kier alpha value is -2.86. The molecule has 0 radical (unpaired) electrons. The second-order valence-electron chi connectivity index (χ2n) is 6.73. The maximum Gasteiger partial charge on any atom is 0.335 e. The normalized spacial score (nSPS) is 15.5. The van der Waals surface area contributed by atoms with Gasteiger partial charge < -0.3 is 14.4 Å². The van der Waals surface area contributed by atoms with E-state index in [0.29, 0.717) is 11.6 Å². The van der Waals surface area contributed by atoms with Gasteiger partial charge in [0.1, 0.15) is 5.52 Å². The van der Waals surface area contributed by atoms with Crippen LogP contribution >= 0.6 is 0 Å². The molecule has 0 bridgehead atoms. The van der Waals surface area contributed by atoms with E-state index in [0.717, 1.165) is 49.4 Å². The SMILES string of the molecule is Cc1ccc2oc(N3CCN(Cc4ccc(C(=O)O)cc4)CC3)nc2c1. The van der Waals surface area contributed by atoms with Crippen molar-refractivity contribution < 1.29 is 14.3 Å². The summed E-state index contributed by atoms with van der Waals surface area (Å²) in [4.78, 5) is 20.1. The van der Waals surface area contributed by atoms with Crippen molar-refractivity contribution in [3.05, 3.63) is 59.2 Å². The smallest absolute Gasteiger partial charge is 0.335 e. The Labute approximate surface area is 151 Å². The Morgan fingerprint density at radius 3 is 2.54 bits per heavy atom. The molecule has 0 saturated carbocycles. The van der Waals surface area contributed by atoms with Crippen molar-refractivity contribution >= 4 is 23.1 Å². The average Bonchev–Trinajstić information content (AvgIpc) is 3.06. The molecule has 0 atom stereocenters. The summed E-state index contributed by atoms with van der Waals surface area (Å²) in [5.41, 5.74) is 4.36. The molecule has 26 heavy (non-hydrogen) atoms. The van der Waals surface area contributed by atoms with E-state index in [1.807, 2.05) is 30.3 Å². The first-order valence-electron chi connectivity index (χ1n) is 8.75. The van der Waals surface area contributed by atoms with Gasteiger partial charge in [0.15, 0.2) is 5.58 Å². The van der Waals surface area contributed by atoms with Crippen molar-refractivity contribution in [2.75, 3.05) is 31.1 Å². The minimum atomic E-state index is -0.890. The van der Waals surface area contributed by atoms with E-state index in [-0.39, 0.29) is 0 Å². The van der Waals surface area contributed by atoms with Crippen molar-refractivity contribution in [1.82, 2.24) is 9.88 Å². The third-order valence-electron chi connectivity index (χ3n) is 4.78. The molecular weight excluding hydrogens is 330 g/mol. The van der Waals surface area contributed by atoms with Gasteiger partial charge in [-0.25, -0.2) is 4.79 Å². The largest absolute Gasteiger partial charge is 0.478 e. The van der Waals surface area contributed by atoms with Crippen LogP contribution < -0.4 is 4.90 Å². The maximum absolute atomic E-state index is 10.9. The highest BCUT2D eigenvalue weighted by atomic mass is 16.4. The number of aromatic nitrogens is 1. The van der Waals surface area contributed by atoms with Gasteiger partial charge in [-0.1, -0.05) is 18.2 Å². The van der Waals surface area contributed by atoms with Gasteiger partial charge in [-0.3, -0.25) is 4.90 Å². The maximum atomic E-state index is 10.9. The summed E-state index contributed by atoms with van der Waals surface area (Å²) in [5.74, 6) is -0.890. The Kier molecular flexibility index (Phi) is 4.34. The average molecular weight is 351 g/mol. The molecule has 1 aliphatic heterocycles. The Balaban J connectivity index is 1.38. The molecule has 3 aromatic rings. The van der Waals surface area contributed by atoms with Crippen LogP contribution in [0.4, 0.5) is 6.01 Å². The van der Waals surface area contributed by atoms with Crippen LogP contribution in [-0.4, -0.2) is 47.1 Å². The minimum Gasteiger partial charge on any atom is -0.478 e. The van der Waals surface area contributed by atoms with Gasteiger partial charge in [0, 0.05) is 32.7 Å². The number of nitrogens with zero attached hydrogens (tertiary/aromatic N) is 3. The second-order valence-corrected chi connectivity index (χ2v) is 6.73. The minimum absolute atomic E-state index is 0.324. The van der Waals surface area contributed by atoms with Gasteiger partial charge in [0.2, 0.25) is 0 Å². The first kappa shape index (κ1) is 16.6. The molecule has 0 spiro atoms. The molecule has 6 heteroatoms. The summed E-state index contributed by atoms with van der Waals surface area (Å²) in [6.45, 7) is 6.42. The molecule has 6 nitrogen and oxygen atoms in total. The molecule has 1 fully saturated rings. The summed E-state index contributed by atoms with van der Waals surface area (Å²) >= 11 is 0. The highest BCUT2D eigenvalue weighted by molar-refractivity contribution is 5.87. The van der Waals surface area contributed by atoms with Gasteiger partial charge in [0.05, 0.1) is 5.56 Å². The van der Waals surface area contributed by atoms with Gasteiger partial charge in [0.25, 0.3) is 6.01 Å². The zero-order chi connectivity index (χ0) is 18.1. The van der Waals surface area contributed by atoms with E-state index >= 15 is 0 Å². The summed E-state index contributed by atoms with van der Waals surface area (Å²) in [6, 6.07) is 13.8. The topological polar surface area (TPSA) is 69.8 Å². The molecule has 2 aromatic carbocycles. The van der Waals surface area contributed by atoms with Crippen LogP contribution in [0.15, 0.2) is 46.9 Å². The van der Waals surface area contributed by atoms with Crippen molar-refractivity contribution in [1.29, 1.82) is 0 Å². The predicted molar refractivity (Wildman–Crippen MR) is 99.6 cm³/mol. The zero-order valence-electron chi connectivity index (χ0n) is 14.7. The number of carbonyl (C=O) groups is 1. The number of aromatic carboxylic acids is 1. The van der Waals surface area contributed by atoms with Crippen molar-refractivity contribution in [3.63, 3.8) is 0 Å². The van der Waals surface area contributed by atoms with Crippen LogP contribution in [0.25, 0.3) is 11.1 Å². The number of carboxylic acid groups (broad SMARTS) is 1. The molecule has 1 aliphatic rings. The number of piperazine rings is 1. The van der Waals surface area contributed by atoms with Crippen molar-refractivity contribution in [3.8, 4) is 0 Å². The fraction of sp³-hybridized carbons (Fsp3) is 0.300. The fourth-order valence-corrected chi connectivity index (χ4v) is 3.27. The Bertz CT molecular complexity index is 925. The van der Waals surface area contributed by atoms with Gasteiger partial charge >= 0.3 is 5.97 Å². The molecule has 0 amide bonds. The van der Waals surface area contributed by atoms with Crippen LogP contribution in [0, 0.1) is 6.92 Å². The van der Waals surface area contributed by atoms with Crippen LogP contribution in [-0.2, 0) is 6.54 Å². The quantitative estimate of drug-likeness (QED) is 0.779. The first-order valence-corrected chi connectivity index (χ1v) is 8.75. The van der Waals surface area contributed by atoms with E-state index in [1.165, 1.54) is 5.56 Å². The molecule has 2 heterocycles. The molecule has 1 saturated heterocycles. The van der Waals surface area contributed by atoms with E-state index in [2.05, 4.69) is 21.7 Å². The van der Waals surface area contributed by atoms with E-state index in [1.54, 1.807) is 12.1 Å². The lowest BCUT2D eigenvalue weighted by molar-refractivity contribution is 0.0697. The number of rotatable bonds is 4. The molecule has 134 valence electrons. The number of anilines is 1. The van der Waals surface area contributed by atoms with Crippen LogP contribution in [0.1, 0.15) is 21.5 Å². The fourth-order valence-electron chi connectivity index (χ4n) is 3.27. The molecule has 1 aromatic heterocycles. The van der Waals surface area contributed by atoms with Crippen molar-refractivity contribution in [2.45, 2.75) is 13.5 Å². The van der Waals surface area contributed by atoms with Gasteiger partial charge in [-0.2, -0.15) is 4.98 Å². The number of carboxylic acids is 1. The number of fused-ring (bicyclic) bond motifs is 1. The van der Waals surface area contributed by atoms with Crippen LogP contribution in [0.3, 0.4) is 0 Å². The zero-order valence-corrected chi connectivity index (χ0v) is 14.7. The highest BCUT2D eigenvalue weighted by Crippen LogP contribution is 2.24. The molecule has 0 aliphatic carbocycles. The molecule has 1 N–H and O–H groups in total. The molecular formula is C20H21N3O3. The van der Waals surface area contributed by atoms with E-state index in [9.17, 15) is 4.79 Å². The number of hydrogen-bond acceptors (Lipinski definition) is 5. The summed E-state index contributed by atoms with van der Waals surface area (Å²) in [7, 11) is 0. The second kappa shape index (κ2) is 6.80. The standard InChI is InChI=1S/C20H21N3O3/c1-14-2-7-18-17(12-14)21-20(26-18)23-10-8-22(9-11-23)13-15-3-5-16(6-4-15)19(24)25/h2-7,12H,8-11,13H2,1H3,(H,24,25). The predicted octanol–water partition coefficient (Wildman–Crippen LogP) is 3.16. The number of benzene rings is 2. The van der Waals surface area contributed by atoms with Crippen molar-refractivity contribution in [2.24, 2.45) is 0 Å². The first-order chi connectivity index (χ1) is 12.6.